The summed E-state index contributed by atoms with van der Waals surface area (Å²) in [5.41, 5.74) is 0.792. The van der Waals surface area contributed by atoms with Crippen molar-refractivity contribution in [2.24, 2.45) is 0 Å². The van der Waals surface area contributed by atoms with Gasteiger partial charge in [0.15, 0.2) is 0 Å². The molecule has 0 aromatic heterocycles. The number of carbonyl (C=O) groups is 1. The number of hydrogen-bond acceptors (Lipinski definition) is 4. The maximum absolute atomic E-state index is 11.8. The van der Waals surface area contributed by atoms with E-state index in [1.807, 2.05) is 12.1 Å². The summed E-state index contributed by atoms with van der Waals surface area (Å²) in [7, 11) is 3.19. The van der Waals surface area contributed by atoms with E-state index in [4.69, 9.17) is 9.47 Å². The fourth-order valence-electron chi connectivity index (χ4n) is 1.86. The van der Waals surface area contributed by atoms with Crippen molar-refractivity contribution < 1.29 is 14.3 Å². The highest BCUT2D eigenvalue weighted by Gasteiger charge is 2.08. The summed E-state index contributed by atoms with van der Waals surface area (Å²) in [6.07, 6.45) is 1.88. The van der Waals surface area contributed by atoms with Crippen LogP contribution in [0.25, 0.3) is 0 Å². The second-order valence-corrected chi connectivity index (χ2v) is 4.54. The maximum atomic E-state index is 11.8. The molecule has 0 aliphatic heterocycles. The Morgan fingerprint density at radius 1 is 1.10 bits per heavy atom. The summed E-state index contributed by atoms with van der Waals surface area (Å²) in [6.45, 7) is 4.36. The number of benzene rings is 1. The zero-order chi connectivity index (χ0) is 15.0. The molecule has 5 heteroatoms. The van der Waals surface area contributed by atoms with E-state index >= 15 is 0 Å². The van der Waals surface area contributed by atoms with Gasteiger partial charge in [0.2, 0.25) is 5.91 Å². The molecule has 0 saturated carbocycles. The zero-order valence-electron chi connectivity index (χ0n) is 12.7. The van der Waals surface area contributed by atoms with Crippen LogP contribution in [0.15, 0.2) is 18.2 Å². The fraction of sp³-hybridized carbons (Fsp3) is 0.533. The minimum atomic E-state index is -0.0134. The molecule has 0 heterocycles. The molecule has 1 amide bonds. The first-order valence-corrected chi connectivity index (χ1v) is 6.89. The fourth-order valence-corrected chi connectivity index (χ4v) is 1.86. The molecule has 5 nitrogen and oxygen atoms in total. The standard InChI is InChI=1S/C15H24N2O3/c1-5-11(6-2)17-15(18)10-16-12-7-13(19-3)9-14(8-12)20-4/h7-9,11,16H,5-6,10H2,1-4H3,(H,17,18). The third-order valence-corrected chi connectivity index (χ3v) is 3.16. The molecule has 0 saturated heterocycles. The number of methoxy groups -OCH3 is 2. The molecule has 1 rings (SSSR count). The van der Waals surface area contributed by atoms with E-state index in [-0.39, 0.29) is 18.5 Å². The third kappa shape index (κ3) is 4.99. The highest BCUT2D eigenvalue weighted by molar-refractivity contribution is 5.81. The van der Waals surface area contributed by atoms with Crippen LogP contribution in [-0.4, -0.2) is 32.7 Å². The van der Waals surface area contributed by atoms with Crippen LogP contribution >= 0.6 is 0 Å². The zero-order valence-corrected chi connectivity index (χ0v) is 12.7. The van der Waals surface area contributed by atoms with E-state index in [0.29, 0.717) is 11.5 Å². The molecule has 0 aliphatic carbocycles. The summed E-state index contributed by atoms with van der Waals surface area (Å²) in [5.74, 6) is 1.36. The Labute approximate surface area is 120 Å². The lowest BCUT2D eigenvalue weighted by molar-refractivity contribution is -0.120. The van der Waals surface area contributed by atoms with Crippen LogP contribution in [0, 0.1) is 0 Å². The molecule has 0 aliphatic rings. The average molecular weight is 280 g/mol. The van der Waals surface area contributed by atoms with Crippen LogP contribution in [0.2, 0.25) is 0 Å². The van der Waals surface area contributed by atoms with E-state index in [0.717, 1.165) is 18.5 Å². The number of amides is 1. The highest BCUT2D eigenvalue weighted by Crippen LogP contribution is 2.25. The molecular weight excluding hydrogens is 256 g/mol. The maximum Gasteiger partial charge on any atom is 0.239 e. The Balaban J connectivity index is 2.58. The predicted octanol–water partition coefficient (Wildman–Crippen LogP) is 2.42. The minimum Gasteiger partial charge on any atom is -0.497 e. The smallest absolute Gasteiger partial charge is 0.239 e. The molecule has 0 fully saturated rings. The molecule has 1 aromatic carbocycles. The van der Waals surface area contributed by atoms with Crippen molar-refractivity contribution in [2.45, 2.75) is 32.7 Å². The molecule has 0 unspecified atom stereocenters. The molecule has 112 valence electrons. The van der Waals surface area contributed by atoms with Crippen molar-refractivity contribution >= 4 is 11.6 Å². The van der Waals surface area contributed by atoms with E-state index in [1.54, 1.807) is 20.3 Å². The molecule has 0 atom stereocenters. The van der Waals surface area contributed by atoms with Gasteiger partial charge in [0.05, 0.1) is 20.8 Å². The van der Waals surface area contributed by atoms with Gasteiger partial charge in [0, 0.05) is 29.9 Å². The van der Waals surface area contributed by atoms with Crippen molar-refractivity contribution in [3.63, 3.8) is 0 Å². The largest absolute Gasteiger partial charge is 0.497 e. The molecular formula is C15H24N2O3. The monoisotopic (exact) mass is 280 g/mol. The van der Waals surface area contributed by atoms with Crippen LogP contribution < -0.4 is 20.1 Å². The summed E-state index contributed by atoms with van der Waals surface area (Å²) in [6, 6.07) is 5.68. The van der Waals surface area contributed by atoms with E-state index in [2.05, 4.69) is 24.5 Å². The molecule has 1 aromatic rings. The second kappa shape index (κ2) is 8.30. The normalized spacial score (nSPS) is 10.2. The Morgan fingerprint density at radius 2 is 1.65 bits per heavy atom. The number of carbonyl (C=O) groups excluding carboxylic acids is 1. The summed E-state index contributed by atoms with van der Waals surface area (Å²) >= 11 is 0. The summed E-state index contributed by atoms with van der Waals surface area (Å²) in [4.78, 5) is 11.8. The van der Waals surface area contributed by atoms with Gasteiger partial charge in [-0.25, -0.2) is 0 Å². The van der Waals surface area contributed by atoms with Crippen LogP contribution in [0.3, 0.4) is 0 Å². The van der Waals surface area contributed by atoms with Crippen molar-refractivity contribution in [1.29, 1.82) is 0 Å². The average Bonchev–Trinajstić information content (AvgIpc) is 2.50. The molecule has 0 radical (unpaired) electrons. The van der Waals surface area contributed by atoms with Gasteiger partial charge < -0.3 is 20.1 Å². The SMILES string of the molecule is CCC(CC)NC(=O)CNc1cc(OC)cc(OC)c1. The van der Waals surface area contributed by atoms with Crippen molar-refractivity contribution in [1.82, 2.24) is 5.32 Å². The first kappa shape index (κ1) is 16.1. The summed E-state index contributed by atoms with van der Waals surface area (Å²) < 4.78 is 10.4. The molecule has 0 bridgehead atoms. The van der Waals surface area contributed by atoms with Gasteiger partial charge in [-0.2, -0.15) is 0 Å². The second-order valence-electron chi connectivity index (χ2n) is 4.54. The number of anilines is 1. The van der Waals surface area contributed by atoms with Crippen LogP contribution in [0.4, 0.5) is 5.69 Å². The molecule has 20 heavy (non-hydrogen) atoms. The molecule has 2 N–H and O–H groups in total. The van der Waals surface area contributed by atoms with Crippen LogP contribution in [0.1, 0.15) is 26.7 Å². The number of rotatable bonds is 8. The predicted molar refractivity (Wildman–Crippen MR) is 80.5 cm³/mol. The Morgan fingerprint density at radius 3 is 2.10 bits per heavy atom. The van der Waals surface area contributed by atoms with Crippen molar-refractivity contribution in [3.8, 4) is 11.5 Å². The minimum absolute atomic E-state index is 0.0134. The lowest BCUT2D eigenvalue weighted by atomic mass is 10.2. The van der Waals surface area contributed by atoms with Gasteiger partial charge in [0.25, 0.3) is 0 Å². The summed E-state index contributed by atoms with van der Waals surface area (Å²) in [5, 5.41) is 6.06. The van der Waals surface area contributed by atoms with Gasteiger partial charge in [-0.3, -0.25) is 4.79 Å². The Bertz CT molecular complexity index is 409. The first-order valence-electron chi connectivity index (χ1n) is 6.89. The Kier molecular flexibility index (Phi) is 6.70. The van der Waals surface area contributed by atoms with Crippen LogP contribution in [-0.2, 0) is 4.79 Å². The highest BCUT2D eigenvalue weighted by atomic mass is 16.5. The van der Waals surface area contributed by atoms with Gasteiger partial charge >= 0.3 is 0 Å². The quantitative estimate of drug-likeness (QED) is 0.768. The lowest BCUT2D eigenvalue weighted by Crippen LogP contribution is -2.37. The third-order valence-electron chi connectivity index (χ3n) is 3.16. The van der Waals surface area contributed by atoms with Crippen LogP contribution in [0.5, 0.6) is 11.5 Å². The number of nitrogens with one attached hydrogen (secondary N) is 2. The number of ether oxygens (including phenoxy) is 2. The van der Waals surface area contributed by atoms with E-state index < -0.39 is 0 Å². The lowest BCUT2D eigenvalue weighted by Gasteiger charge is -2.15. The molecule has 0 spiro atoms. The van der Waals surface area contributed by atoms with E-state index in [9.17, 15) is 4.79 Å². The van der Waals surface area contributed by atoms with Crippen molar-refractivity contribution in [2.75, 3.05) is 26.1 Å². The van der Waals surface area contributed by atoms with E-state index in [1.165, 1.54) is 0 Å². The Hall–Kier alpha value is -1.91. The van der Waals surface area contributed by atoms with Gasteiger partial charge in [0.1, 0.15) is 11.5 Å². The van der Waals surface area contributed by atoms with Crippen molar-refractivity contribution in [3.05, 3.63) is 18.2 Å². The number of hydrogen-bond donors (Lipinski definition) is 2. The topological polar surface area (TPSA) is 59.6 Å². The van der Waals surface area contributed by atoms with Gasteiger partial charge in [-0.1, -0.05) is 13.8 Å². The first-order chi connectivity index (χ1) is 9.62. The van der Waals surface area contributed by atoms with Gasteiger partial charge in [-0.15, -0.1) is 0 Å². The van der Waals surface area contributed by atoms with Gasteiger partial charge in [-0.05, 0) is 12.8 Å².